The van der Waals surface area contributed by atoms with Crippen LogP contribution in [0.15, 0.2) is 23.1 Å². The molecule has 0 saturated heterocycles. The molecule has 3 nitrogen and oxygen atoms in total. The van der Waals surface area contributed by atoms with E-state index in [2.05, 4.69) is 0 Å². The zero-order valence-electron chi connectivity index (χ0n) is 9.57. The lowest BCUT2D eigenvalue weighted by Crippen LogP contribution is -2.16. The van der Waals surface area contributed by atoms with Crippen molar-refractivity contribution in [2.24, 2.45) is 0 Å². The van der Waals surface area contributed by atoms with Crippen molar-refractivity contribution in [3.05, 3.63) is 29.6 Å². The quantitative estimate of drug-likeness (QED) is 0.611. The maximum absolute atomic E-state index is 13.5. The fourth-order valence-corrected chi connectivity index (χ4v) is 2.03. The molecule has 0 fully saturated rings. The van der Waals surface area contributed by atoms with Crippen LogP contribution in [0.5, 0.6) is 0 Å². The summed E-state index contributed by atoms with van der Waals surface area (Å²) in [4.78, 5) is 11.7. The largest absolute Gasteiger partial charge is 0.465 e. The highest BCUT2D eigenvalue weighted by Gasteiger charge is 2.17. The van der Waals surface area contributed by atoms with Crippen LogP contribution >= 0.6 is 11.8 Å². The zero-order chi connectivity index (χ0) is 12.8. The van der Waals surface area contributed by atoms with Gasteiger partial charge in [-0.15, -0.1) is 11.8 Å². The van der Waals surface area contributed by atoms with E-state index in [0.717, 1.165) is 17.8 Å². The molecule has 0 N–H and O–H groups in total. The van der Waals surface area contributed by atoms with Gasteiger partial charge in [0.1, 0.15) is 11.1 Å². The Morgan fingerprint density at radius 2 is 2.35 bits per heavy atom. The van der Waals surface area contributed by atoms with Gasteiger partial charge in [-0.25, -0.2) is 4.39 Å². The molecule has 0 radical (unpaired) electrons. The molecule has 0 aliphatic rings. The van der Waals surface area contributed by atoms with Crippen molar-refractivity contribution < 1.29 is 13.9 Å². The van der Waals surface area contributed by atoms with Gasteiger partial charge >= 0.3 is 5.97 Å². The summed E-state index contributed by atoms with van der Waals surface area (Å²) in [5.74, 6) is -0.869. The molecular weight excluding hydrogens is 241 g/mol. The molecule has 0 aliphatic carbocycles. The Balaban J connectivity index is 2.75. The third kappa shape index (κ3) is 3.75. The molecule has 1 aromatic rings. The number of thioether (sulfide) groups is 1. The first-order valence-electron chi connectivity index (χ1n) is 5.11. The minimum atomic E-state index is -0.495. The summed E-state index contributed by atoms with van der Waals surface area (Å²) in [5, 5.41) is 8.12. The van der Waals surface area contributed by atoms with Gasteiger partial charge in [-0.3, -0.25) is 4.79 Å². The number of rotatable bonds is 4. The van der Waals surface area contributed by atoms with Gasteiger partial charge in [0.05, 0.1) is 18.2 Å². The SMILES string of the molecule is CCOC(=O)C(C)Sc1ccc(C#N)cc1F. The van der Waals surface area contributed by atoms with Crippen LogP contribution in [0.3, 0.4) is 0 Å². The van der Waals surface area contributed by atoms with E-state index in [-0.39, 0.29) is 11.5 Å². The van der Waals surface area contributed by atoms with E-state index >= 15 is 0 Å². The number of hydrogen-bond donors (Lipinski definition) is 0. The summed E-state index contributed by atoms with van der Waals surface area (Å²) >= 11 is 1.08. The molecule has 0 saturated carbocycles. The summed E-state index contributed by atoms with van der Waals surface area (Å²) < 4.78 is 18.3. The third-order valence-electron chi connectivity index (χ3n) is 1.98. The summed E-state index contributed by atoms with van der Waals surface area (Å²) in [6, 6.07) is 6.01. The number of carbonyl (C=O) groups excluding carboxylic acids is 1. The second-order valence-corrected chi connectivity index (χ2v) is 4.65. The molecule has 5 heteroatoms. The molecule has 0 spiro atoms. The molecule has 0 aliphatic heterocycles. The van der Waals surface area contributed by atoms with E-state index in [4.69, 9.17) is 10.00 Å². The number of benzene rings is 1. The van der Waals surface area contributed by atoms with Crippen molar-refractivity contribution in [1.82, 2.24) is 0 Å². The maximum atomic E-state index is 13.5. The Hall–Kier alpha value is -1.54. The van der Waals surface area contributed by atoms with Crippen molar-refractivity contribution in [1.29, 1.82) is 5.26 Å². The first-order valence-corrected chi connectivity index (χ1v) is 5.99. The topological polar surface area (TPSA) is 50.1 Å². The fraction of sp³-hybridized carbons (Fsp3) is 0.333. The second-order valence-electron chi connectivity index (χ2n) is 3.27. The molecule has 0 bridgehead atoms. The average molecular weight is 253 g/mol. The molecule has 1 atom stereocenters. The molecule has 0 amide bonds. The van der Waals surface area contributed by atoms with Gasteiger partial charge in [0.15, 0.2) is 0 Å². The predicted octanol–water partition coefficient (Wildman–Crippen LogP) is 2.74. The van der Waals surface area contributed by atoms with Crippen molar-refractivity contribution in [3.8, 4) is 6.07 Å². The normalized spacial score (nSPS) is 11.6. The van der Waals surface area contributed by atoms with Gasteiger partial charge in [-0.1, -0.05) is 0 Å². The summed E-state index contributed by atoms with van der Waals surface area (Å²) in [6.45, 7) is 3.68. The lowest BCUT2D eigenvalue weighted by molar-refractivity contribution is -0.142. The minimum absolute atomic E-state index is 0.260. The summed E-state index contributed by atoms with van der Waals surface area (Å²) in [6.07, 6.45) is 0. The Morgan fingerprint density at radius 3 is 2.88 bits per heavy atom. The van der Waals surface area contributed by atoms with Gasteiger partial charge in [0, 0.05) is 4.90 Å². The highest BCUT2D eigenvalue weighted by atomic mass is 32.2. The van der Waals surface area contributed by atoms with E-state index in [0.29, 0.717) is 11.5 Å². The zero-order valence-corrected chi connectivity index (χ0v) is 10.4. The summed E-state index contributed by atoms with van der Waals surface area (Å²) in [7, 11) is 0. The Bertz CT molecular complexity index is 456. The molecule has 17 heavy (non-hydrogen) atoms. The maximum Gasteiger partial charge on any atom is 0.319 e. The number of ether oxygens (including phenoxy) is 1. The predicted molar refractivity (Wildman–Crippen MR) is 63.1 cm³/mol. The van der Waals surface area contributed by atoms with Gasteiger partial charge in [-0.2, -0.15) is 5.26 Å². The van der Waals surface area contributed by atoms with E-state index in [1.165, 1.54) is 12.1 Å². The molecule has 90 valence electrons. The highest BCUT2D eigenvalue weighted by molar-refractivity contribution is 8.00. The van der Waals surface area contributed by atoms with Crippen LogP contribution in [-0.2, 0) is 9.53 Å². The van der Waals surface area contributed by atoms with Crippen molar-refractivity contribution >= 4 is 17.7 Å². The van der Waals surface area contributed by atoms with Crippen molar-refractivity contribution in [2.75, 3.05) is 6.61 Å². The van der Waals surface area contributed by atoms with Crippen LogP contribution in [0.25, 0.3) is 0 Å². The third-order valence-corrected chi connectivity index (χ3v) is 3.11. The number of esters is 1. The lowest BCUT2D eigenvalue weighted by Gasteiger charge is -2.10. The van der Waals surface area contributed by atoms with Crippen LogP contribution < -0.4 is 0 Å². The Labute approximate surface area is 104 Å². The first kappa shape index (κ1) is 13.5. The molecule has 1 unspecified atom stereocenters. The molecule has 1 aromatic carbocycles. The number of hydrogen-bond acceptors (Lipinski definition) is 4. The Morgan fingerprint density at radius 1 is 1.65 bits per heavy atom. The summed E-state index contributed by atoms with van der Waals surface area (Å²) in [5.41, 5.74) is 0.260. The standard InChI is InChI=1S/C12H12FNO2S/c1-3-16-12(15)8(2)17-11-5-4-9(7-14)6-10(11)13/h4-6,8H,3H2,1-2H3. The van der Waals surface area contributed by atoms with Gasteiger partial charge in [-0.05, 0) is 32.0 Å². The number of carbonyl (C=O) groups is 1. The highest BCUT2D eigenvalue weighted by Crippen LogP contribution is 2.27. The monoisotopic (exact) mass is 253 g/mol. The van der Waals surface area contributed by atoms with Crippen molar-refractivity contribution in [3.63, 3.8) is 0 Å². The number of nitrogens with zero attached hydrogens (tertiary/aromatic N) is 1. The number of halogens is 1. The lowest BCUT2D eigenvalue weighted by atomic mass is 10.2. The Kier molecular flexibility index (Phi) is 4.98. The average Bonchev–Trinajstić information content (AvgIpc) is 2.31. The van der Waals surface area contributed by atoms with Gasteiger partial charge in [0.25, 0.3) is 0 Å². The minimum Gasteiger partial charge on any atom is -0.465 e. The van der Waals surface area contributed by atoms with Crippen LogP contribution in [0.4, 0.5) is 4.39 Å². The molecular formula is C12H12FNO2S. The molecule has 0 heterocycles. The van der Waals surface area contributed by atoms with E-state index in [9.17, 15) is 9.18 Å². The smallest absolute Gasteiger partial charge is 0.319 e. The van der Waals surface area contributed by atoms with Crippen molar-refractivity contribution in [2.45, 2.75) is 24.0 Å². The fourth-order valence-electron chi connectivity index (χ4n) is 1.16. The van der Waals surface area contributed by atoms with Crippen LogP contribution in [0, 0.1) is 17.1 Å². The first-order chi connectivity index (χ1) is 8.08. The van der Waals surface area contributed by atoms with Crippen LogP contribution in [0.1, 0.15) is 19.4 Å². The van der Waals surface area contributed by atoms with E-state index < -0.39 is 11.1 Å². The number of nitriles is 1. The molecule has 1 rings (SSSR count). The van der Waals surface area contributed by atoms with Gasteiger partial charge < -0.3 is 4.74 Å². The van der Waals surface area contributed by atoms with Crippen LogP contribution in [0.2, 0.25) is 0 Å². The molecule has 0 aromatic heterocycles. The van der Waals surface area contributed by atoms with E-state index in [1.54, 1.807) is 13.8 Å². The van der Waals surface area contributed by atoms with Gasteiger partial charge in [0.2, 0.25) is 0 Å². The van der Waals surface area contributed by atoms with Crippen LogP contribution in [-0.4, -0.2) is 17.8 Å². The van der Waals surface area contributed by atoms with E-state index in [1.807, 2.05) is 6.07 Å². The second kappa shape index (κ2) is 6.26.